The van der Waals surface area contributed by atoms with Gasteiger partial charge in [-0.05, 0) is 32.1 Å². The number of allylic oxidation sites excluding steroid dienone is 3. The van der Waals surface area contributed by atoms with Gasteiger partial charge in [0.1, 0.15) is 0 Å². The van der Waals surface area contributed by atoms with Crippen molar-refractivity contribution >= 4 is 0 Å². The van der Waals surface area contributed by atoms with Crippen molar-refractivity contribution in [3.8, 4) is 0 Å². The Kier molecular flexibility index (Phi) is 3.37. The van der Waals surface area contributed by atoms with E-state index >= 15 is 0 Å². The summed E-state index contributed by atoms with van der Waals surface area (Å²) in [5.74, 6) is 0.673. The van der Waals surface area contributed by atoms with Crippen molar-refractivity contribution in [3.05, 3.63) is 23.8 Å². The van der Waals surface area contributed by atoms with Gasteiger partial charge in [-0.1, -0.05) is 23.8 Å². The molecule has 11 heavy (non-hydrogen) atoms. The molecule has 0 fully saturated rings. The van der Waals surface area contributed by atoms with Crippen LogP contribution in [0.15, 0.2) is 23.8 Å². The fourth-order valence-corrected chi connectivity index (χ4v) is 1.42. The van der Waals surface area contributed by atoms with E-state index in [9.17, 15) is 0 Å². The maximum atomic E-state index is 8.78. The second-order valence-electron chi connectivity index (χ2n) is 3.22. The average molecular weight is 152 g/mol. The SMILES string of the molecule is CC(=CC1CC=CCC1)CO. The van der Waals surface area contributed by atoms with E-state index in [1.165, 1.54) is 12.8 Å². The normalized spacial score (nSPS) is 25.6. The van der Waals surface area contributed by atoms with Crippen molar-refractivity contribution < 1.29 is 5.11 Å². The molecular formula is C10H16O. The Morgan fingerprint density at radius 3 is 3.00 bits per heavy atom. The fourth-order valence-electron chi connectivity index (χ4n) is 1.42. The van der Waals surface area contributed by atoms with Crippen LogP contribution in [0.1, 0.15) is 26.2 Å². The van der Waals surface area contributed by atoms with E-state index < -0.39 is 0 Å². The van der Waals surface area contributed by atoms with E-state index in [-0.39, 0.29) is 6.61 Å². The zero-order chi connectivity index (χ0) is 8.10. The lowest BCUT2D eigenvalue weighted by Crippen LogP contribution is -2.00. The smallest absolute Gasteiger partial charge is 0.0639 e. The quantitative estimate of drug-likeness (QED) is 0.602. The molecule has 1 aliphatic carbocycles. The van der Waals surface area contributed by atoms with Gasteiger partial charge in [0.25, 0.3) is 0 Å². The van der Waals surface area contributed by atoms with Crippen LogP contribution < -0.4 is 0 Å². The summed E-state index contributed by atoms with van der Waals surface area (Å²) in [5.41, 5.74) is 1.10. The molecule has 0 aromatic heterocycles. The Hall–Kier alpha value is -0.560. The second kappa shape index (κ2) is 4.35. The molecule has 0 amide bonds. The van der Waals surface area contributed by atoms with Crippen molar-refractivity contribution in [2.24, 2.45) is 5.92 Å². The van der Waals surface area contributed by atoms with Gasteiger partial charge in [-0.2, -0.15) is 0 Å². The van der Waals surface area contributed by atoms with Crippen molar-refractivity contribution in [1.29, 1.82) is 0 Å². The summed E-state index contributed by atoms with van der Waals surface area (Å²) in [4.78, 5) is 0. The standard InChI is InChI=1S/C10H16O/c1-9(8-11)7-10-5-3-2-4-6-10/h2-3,7,10-11H,4-6,8H2,1H3. The Labute approximate surface area is 68.4 Å². The van der Waals surface area contributed by atoms with E-state index in [2.05, 4.69) is 18.2 Å². The fraction of sp³-hybridized carbons (Fsp3) is 0.600. The van der Waals surface area contributed by atoms with Gasteiger partial charge < -0.3 is 5.11 Å². The minimum absolute atomic E-state index is 0.209. The van der Waals surface area contributed by atoms with Crippen molar-refractivity contribution in [2.75, 3.05) is 6.61 Å². The van der Waals surface area contributed by atoms with Crippen LogP contribution in [-0.4, -0.2) is 11.7 Å². The molecule has 1 unspecified atom stereocenters. The van der Waals surface area contributed by atoms with Crippen LogP contribution in [-0.2, 0) is 0 Å². The van der Waals surface area contributed by atoms with Gasteiger partial charge in [0.2, 0.25) is 0 Å². The Balaban J connectivity index is 2.42. The molecule has 0 heterocycles. The monoisotopic (exact) mass is 152 g/mol. The maximum Gasteiger partial charge on any atom is 0.0639 e. The molecule has 0 saturated heterocycles. The molecule has 1 nitrogen and oxygen atoms in total. The predicted octanol–water partition coefficient (Wildman–Crippen LogP) is 2.28. The van der Waals surface area contributed by atoms with Crippen LogP contribution in [0.4, 0.5) is 0 Å². The van der Waals surface area contributed by atoms with E-state index in [4.69, 9.17) is 5.11 Å². The first kappa shape index (κ1) is 8.54. The average Bonchev–Trinajstić information content (AvgIpc) is 2.06. The number of hydrogen-bond acceptors (Lipinski definition) is 1. The predicted molar refractivity (Wildman–Crippen MR) is 47.3 cm³/mol. The Morgan fingerprint density at radius 2 is 2.45 bits per heavy atom. The number of aliphatic hydroxyl groups excluding tert-OH is 1. The van der Waals surface area contributed by atoms with Crippen LogP contribution in [0.2, 0.25) is 0 Å². The third-order valence-electron chi connectivity index (χ3n) is 2.08. The van der Waals surface area contributed by atoms with Crippen LogP contribution >= 0.6 is 0 Å². The van der Waals surface area contributed by atoms with Crippen molar-refractivity contribution in [3.63, 3.8) is 0 Å². The highest BCUT2D eigenvalue weighted by atomic mass is 16.3. The van der Waals surface area contributed by atoms with Crippen LogP contribution in [0.25, 0.3) is 0 Å². The number of hydrogen-bond donors (Lipinski definition) is 1. The summed E-state index contributed by atoms with van der Waals surface area (Å²) in [6, 6.07) is 0. The third-order valence-corrected chi connectivity index (χ3v) is 2.08. The highest BCUT2D eigenvalue weighted by Gasteiger charge is 2.05. The lowest BCUT2D eigenvalue weighted by Gasteiger charge is -2.13. The minimum Gasteiger partial charge on any atom is -0.392 e. The molecule has 1 aliphatic rings. The first-order valence-electron chi connectivity index (χ1n) is 4.26. The molecule has 0 aromatic rings. The van der Waals surface area contributed by atoms with Crippen LogP contribution in [0.3, 0.4) is 0 Å². The first-order chi connectivity index (χ1) is 5.33. The van der Waals surface area contributed by atoms with E-state index in [1.807, 2.05) is 6.92 Å². The lowest BCUT2D eigenvalue weighted by atomic mass is 9.93. The molecule has 0 spiro atoms. The van der Waals surface area contributed by atoms with Gasteiger partial charge in [0.05, 0.1) is 6.61 Å². The zero-order valence-electron chi connectivity index (χ0n) is 7.09. The molecule has 0 aliphatic heterocycles. The number of aliphatic hydroxyl groups is 1. The largest absolute Gasteiger partial charge is 0.392 e. The van der Waals surface area contributed by atoms with Gasteiger partial charge in [-0.15, -0.1) is 0 Å². The highest BCUT2D eigenvalue weighted by molar-refractivity contribution is 5.05. The molecule has 0 aromatic carbocycles. The van der Waals surface area contributed by atoms with Gasteiger partial charge in [0, 0.05) is 0 Å². The molecule has 0 bridgehead atoms. The number of rotatable bonds is 2. The van der Waals surface area contributed by atoms with Gasteiger partial charge >= 0.3 is 0 Å². The van der Waals surface area contributed by atoms with E-state index in [1.54, 1.807) is 0 Å². The second-order valence-corrected chi connectivity index (χ2v) is 3.22. The van der Waals surface area contributed by atoms with Crippen molar-refractivity contribution in [2.45, 2.75) is 26.2 Å². The summed E-state index contributed by atoms with van der Waals surface area (Å²) in [7, 11) is 0. The molecule has 1 atom stereocenters. The molecule has 0 radical (unpaired) electrons. The first-order valence-corrected chi connectivity index (χ1v) is 4.26. The lowest BCUT2D eigenvalue weighted by molar-refractivity contribution is 0.329. The molecule has 1 rings (SSSR count). The molecule has 62 valence electrons. The van der Waals surface area contributed by atoms with Crippen LogP contribution in [0.5, 0.6) is 0 Å². The van der Waals surface area contributed by atoms with Gasteiger partial charge in [-0.3, -0.25) is 0 Å². The van der Waals surface area contributed by atoms with Crippen LogP contribution in [0, 0.1) is 5.92 Å². The summed E-state index contributed by atoms with van der Waals surface area (Å²) < 4.78 is 0. The zero-order valence-corrected chi connectivity index (χ0v) is 7.09. The minimum atomic E-state index is 0.209. The van der Waals surface area contributed by atoms with E-state index in [0.717, 1.165) is 12.0 Å². The summed E-state index contributed by atoms with van der Waals surface area (Å²) >= 11 is 0. The Morgan fingerprint density at radius 1 is 1.64 bits per heavy atom. The van der Waals surface area contributed by atoms with Gasteiger partial charge in [0.15, 0.2) is 0 Å². The summed E-state index contributed by atoms with van der Waals surface area (Å²) in [5, 5.41) is 8.78. The molecular weight excluding hydrogens is 136 g/mol. The Bertz CT molecular complexity index is 168. The van der Waals surface area contributed by atoms with Gasteiger partial charge in [-0.25, -0.2) is 0 Å². The van der Waals surface area contributed by atoms with E-state index in [0.29, 0.717) is 5.92 Å². The molecule has 1 N–H and O–H groups in total. The highest BCUT2D eigenvalue weighted by Crippen LogP contribution is 2.20. The summed E-state index contributed by atoms with van der Waals surface area (Å²) in [6.45, 7) is 2.19. The van der Waals surface area contributed by atoms with Crippen molar-refractivity contribution in [1.82, 2.24) is 0 Å². The third kappa shape index (κ3) is 2.89. The topological polar surface area (TPSA) is 20.2 Å². The molecule has 1 heteroatoms. The summed E-state index contributed by atoms with van der Waals surface area (Å²) in [6.07, 6.45) is 10.3. The molecule has 0 saturated carbocycles. The maximum absolute atomic E-state index is 8.78.